The molecule has 2 unspecified atom stereocenters. The summed E-state index contributed by atoms with van der Waals surface area (Å²) in [6.45, 7) is 15.6. The minimum atomic E-state index is -0.537. The number of nitrogens with one attached hydrogen (secondary N) is 1. The molecule has 0 aromatic rings. The molecular formula is C19H32N2O3. The summed E-state index contributed by atoms with van der Waals surface area (Å²) < 4.78 is 5.37. The molecule has 0 aromatic heterocycles. The molecule has 0 radical (unpaired) electrons. The normalized spacial score (nSPS) is 20.8. The van der Waals surface area contributed by atoms with Gasteiger partial charge in [0.1, 0.15) is 5.60 Å². The van der Waals surface area contributed by atoms with E-state index in [9.17, 15) is 9.59 Å². The van der Waals surface area contributed by atoms with Gasteiger partial charge < -0.3 is 15.0 Å². The molecule has 2 atom stereocenters. The number of ether oxygens (including phenoxy) is 1. The van der Waals surface area contributed by atoms with Crippen molar-refractivity contribution in [2.75, 3.05) is 6.54 Å². The third-order valence-corrected chi connectivity index (χ3v) is 4.07. The summed E-state index contributed by atoms with van der Waals surface area (Å²) in [6.07, 6.45) is 5.46. The Morgan fingerprint density at radius 3 is 2.46 bits per heavy atom. The van der Waals surface area contributed by atoms with Crippen LogP contribution in [-0.2, 0) is 9.53 Å². The first-order valence-corrected chi connectivity index (χ1v) is 8.71. The Balaban J connectivity index is 2.84. The van der Waals surface area contributed by atoms with Crippen LogP contribution in [0.3, 0.4) is 0 Å². The van der Waals surface area contributed by atoms with E-state index in [0.717, 1.165) is 37.7 Å². The fourth-order valence-corrected chi connectivity index (χ4v) is 2.98. The van der Waals surface area contributed by atoms with Crippen LogP contribution < -0.4 is 5.32 Å². The molecule has 0 aliphatic heterocycles. The number of nitrogens with zero attached hydrogens (tertiary/aromatic N) is 1. The van der Waals surface area contributed by atoms with Crippen LogP contribution in [0.15, 0.2) is 24.8 Å². The minimum absolute atomic E-state index is 0.0314. The molecule has 0 saturated heterocycles. The second-order valence-electron chi connectivity index (χ2n) is 7.55. The molecule has 5 heteroatoms. The minimum Gasteiger partial charge on any atom is -0.444 e. The lowest BCUT2D eigenvalue weighted by Gasteiger charge is -2.40. The lowest BCUT2D eigenvalue weighted by atomic mass is 9.88. The van der Waals surface area contributed by atoms with Gasteiger partial charge in [-0.2, -0.15) is 0 Å². The van der Waals surface area contributed by atoms with Crippen molar-refractivity contribution >= 4 is 12.0 Å². The number of carbonyl (C=O) groups excluding carboxylic acids is 2. The van der Waals surface area contributed by atoms with Crippen LogP contribution in [0.4, 0.5) is 4.79 Å². The predicted molar refractivity (Wildman–Crippen MR) is 96.8 cm³/mol. The first kappa shape index (κ1) is 20.3. The zero-order chi connectivity index (χ0) is 18.3. The molecule has 2 amide bonds. The molecule has 0 spiro atoms. The summed E-state index contributed by atoms with van der Waals surface area (Å²) in [5, 5.41) is 2.96. The Morgan fingerprint density at radius 2 is 1.92 bits per heavy atom. The number of rotatable bonds is 6. The van der Waals surface area contributed by atoms with Crippen molar-refractivity contribution in [1.82, 2.24) is 10.2 Å². The Morgan fingerprint density at radius 1 is 1.29 bits per heavy atom. The summed E-state index contributed by atoms with van der Waals surface area (Å²) in [6, 6.07) is -0.126. The summed E-state index contributed by atoms with van der Waals surface area (Å²) in [5.74, 6) is -0.0980. The van der Waals surface area contributed by atoms with Crippen LogP contribution in [0.1, 0.15) is 59.8 Å². The van der Waals surface area contributed by atoms with Gasteiger partial charge in [-0.25, -0.2) is 4.79 Å². The lowest BCUT2D eigenvalue weighted by molar-refractivity contribution is -0.129. The molecule has 1 aliphatic rings. The largest absolute Gasteiger partial charge is 0.444 e. The van der Waals surface area contributed by atoms with E-state index in [4.69, 9.17) is 4.74 Å². The molecule has 136 valence electrons. The van der Waals surface area contributed by atoms with Crippen LogP contribution in [-0.4, -0.2) is 41.1 Å². The fraction of sp³-hybridized carbons (Fsp3) is 0.684. The lowest BCUT2D eigenvalue weighted by Crippen LogP contribution is -2.55. The summed E-state index contributed by atoms with van der Waals surface area (Å²) in [7, 11) is 0. The van der Waals surface area contributed by atoms with Crippen LogP contribution in [0.2, 0.25) is 0 Å². The topological polar surface area (TPSA) is 58.6 Å². The molecule has 1 fully saturated rings. The number of alkyl carbamates (subject to hydrolysis) is 1. The summed E-state index contributed by atoms with van der Waals surface area (Å²) in [5.41, 5.74) is 0.495. The Labute approximate surface area is 146 Å². The van der Waals surface area contributed by atoms with Crippen molar-refractivity contribution in [3.63, 3.8) is 0 Å². The highest BCUT2D eigenvalue weighted by atomic mass is 16.6. The Bertz CT molecular complexity index is 479. The molecule has 0 bridgehead atoms. The maximum absolute atomic E-state index is 12.3. The van der Waals surface area contributed by atoms with Gasteiger partial charge in [0.15, 0.2) is 0 Å². The van der Waals surface area contributed by atoms with Crippen molar-refractivity contribution in [2.45, 2.75) is 77.5 Å². The smallest absolute Gasteiger partial charge is 0.407 e. The SMILES string of the molecule is C=CC(=O)N(CCC(=C)C)C1CCCCC1NC(=O)OC(C)(C)C. The van der Waals surface area contributed by atoms with Gasteiger partial charge in [-0.1, -0.05) is 25.0 Å². The van der Waals surface area contributed by atoms with Crippen molar-refractivity contribution in [1.29, 1.82) is 0 Å². The van der Waals surface area contributed by atoms with Crippen LogP contribution in [0, 0.1) is 0 Å². The van der Waals surface area contributed by atoms with E-state index in [2.05, 4.69) is 18.5 Å². The first-order chi connectivity index (χ1) is 11.1. The molecule has 1 aliphatic carbocycles. The van der Waals surface area contributed by atoms with Gasteiger partial charge in [-0.3, -0.25) is 4.79 Å². The third kappa shape index (κ3) is 6.77. The van der Waals surface area contributed by atoms with E-state index < -0.39 is 11.7 Å². The molecule has 1 N–H and O–H groups in total. The van der Waals surface area contributed by atoms with Gasteiger partial charge in [0, 0.05) is 6.54 Å². The zero-order valence-corrected chi connectivity index (χ0v) is 15.6. The average molecular weight is 336 g/mol. The predicted octanol–water partition coefficient (Wildman–Crippen LogP) is 3.80. The van der Waals surface area contributed by atoms with Crippen LogP contribution >= 0.6 is 0 Å². The van der Waals surface area contributed by atoms with Crippen molar-refractivity contribution in [3.8, 4) is 0 Å². The van der Waals surface area contributed by atoms with Crippen LogP contribution in [0.25, 0.3) is 0 Å². The van der Waals surface area contributed by atoms with Gasteiger partial charge >= 0.3 is 6.09 Å². The number of amides is 2. The van der Waals surface area contributed by atoms with E-state index in [1.54, 1.807) is 0 Å². The number of carbonyl (C=O) groups is 2. The van der Waals surface area contributed by atoms with Crippen LogP contribution in [0.5, 0.6) is 0 Å². The van der Waals surface area contributed by atoms with Gasteiger partial charge in [-0.15, -0.1) is 6.58 Å². The maximum Gasteiger partial charge on any atom is 0.407 e. The molecule has 0 heterocycles. The van der Waals surface area contributed by atoms with E-state index in [-0.39, 0.29) is 18.0 Å². The maximum atomic E-state index is 12.3. The zero-order valence-electron chi connectivity index (χ0n) is 15.6. The van der Waals surface area contributed by atoms with Gasteiger partial charge in [0.2, 0.25) is 5.91 Å². The Hall–Kier alpha value is -1.78. The fourth-order valence-electron chi connectivity index (χ4n) is 2.98. The molecular weight excluding hydrogens is 304 g/mol. The molecule has 0 aromatic carbocycles. The van der Waals surface area contributed by atoms with Crippen molar-refractivity contribution in [2.24, 2.45) is 0 Å². The average Bonchev–Trinajstić information content (AvgIpc) is 2.46. The van der Waals surface area contributed by atoms with Crippen molar-refractivity contribution in [3.05, 3.63) is 24.8 Å². The highest BCUT2D eigenvalue weighted by Gasteiger charge is 2.33. The molecule has 1 saturated carbocycles. The number of hydrogen-bond donors (Lipinski definition) is 1. The van der Waals surface area contributed by atoms with E-state index in [1.165, 1.54) is 6.08 Å². The van der Waals surface area contributed by atoms with E-state index in [1.807, 2.05) is 32.6 Å². The summed E-state index contributed by atoms with van der Waals surface area (Å²) in [4.78, 5) is 26.3. The summed E-state index contributed by atoms with van der Waals surface area (Å²) >= 11 is 0. The van der Waals surface area contributed by atoms with Gasteiger partial charge in [-0.05, 0) is 53.0 Å². The van der Waals surface area contributed by atoms with E-state index >= 15 is 0 Å². The Kier molecular flexibility index (Phi) is 7.52. The van der Waals surface area contributed by atoms with E-state index in [0.29, 0.717) is 6.54 Å². The standard InChI is InChI=1S/C19H32N2O3/c1-7-17(22)21(13-12-14(2)3)16-11-9-8-10-15(16)20-18(23)24-19(4,5)6/h7,15-16H,1-2,8-13H2,3-6H3,(H,20,23). The molecule has 24 heavy (non-hydrogen) atoms. The molecule has 1 rings (SSSR count). The van der Waals surface area contributed by atoms with Gasteiger partial charge in [0.25, 0.3) is 0 Å². The van der Waals surface area contributed by atoms with Gasteiger partial charge in [0.05, 0.1) is 12.1 Å². The highest BCUT2D eigenvalue weighted by molar-refractivity contribution is 5.87. The second kappa shape index (κ2) is 8.90. The quantitative estimate of drug-likeness (QED) is 0.593. The monoisotopic (exact) mass is 336 g/mol. The first-order valence-electron chi connectivity index (χ1n) is 8.71. The number of hydrogen-bond acceptors (Lipinski definition) is 3. The highest BCUT2D eigenvalue weighted by Crippen LogP contribution is 2.25. The molecule has 5 nitrogen and oxygen atoms in total. The third-order valence-electron chi connectivity index (χ3n) is 4.07. The van der Waals surface area contributed by atoms with Crippen molar-refractivity contribution < 1.29 is 14.3 Å². The second-order valence-corrected chi connectivity index (χ2v) is 7.55.